The van der Waals surface area contributed by atoms with E-state index < -0.39 is 52.6 Å². The first-order valence-electron chi connectivity index (χ1n) is 15.0. The Hall–Kier alpha value is -4.28. The molecule has 0 spiro atoms. The predicted molar refractivity (Wildman–Crippen MR) is 170 cm³/mol. The molecule has 6 atom stereocenters. The van der Waals surface area contributed by atoms with Crippen LogP contribution in [0.25, 0.3) is 6.08 Å². The summed E-state index contributed by atoms with van der Waals surface area (Å²) >= 11 is 7.54. The van der Waals surface area contributed by atoms with Crippen LogP contribution in [0.3, 0.4) is 0 Å². The first-order valence-corrected chi connectivity index (χ1v) is 16.3. The fourth-order valence-corrected chi connectivity index (χ4v) is 8.74. The second-order valence-corrected chi connectivity index (χ2v) is 13.9. The molecule has 46 heavy (non-hydrogen) atoms. The number of allylic oxidation sites excluding steroid dienone is 3. The van der Waals surface area contributed by atoms with E-state index in [2.05, 4.69) is 0 Å². The largest absolute Gasteiger partial charge is 0.504 e. The van der Waals surface area contributed by atoms with E-state index in [-0.39, 0.29) is 47.0 Å². The van der Waals surface area contributed by atoms with Crippen LogP contribution in [0.4, 0.5) is 10.1 Å². The molecule has 3 heterocycles. The minimum absolute atomic E-state index is 0.0212. The standard InChI is InChI=1S/C35H30ClFN2O6S/c1-35-24(10-5-18-6-12-28(40)29(14-18)45-2)21-8-9-22-30(33(43)38(31(22)41)17-20-4-3-13-46-20)23(21)16-25(35)32(42)39(34(35)44)19-7-11-27(37)26(36)15-19/h3-8,10-15,22-25,30,40H,9,16-17H2,1-2H3. The van der Waals surface area contributed by atoms with Gasteiger partial charge in [0.25, 0.3) is 0 Å². The van der Waals surface area contributed by atoms with Crippen LogP contribution in [-0.4, -0.2) is 40.7 Å². The van der Waals surface area contributed by atoms with Crippen molar-refractivity contribution in [3.8, 4) is 11.5 Å². The lowest BCUT2D eigenvalue weighted by atomic mass is 9.52. The van der Waals surface area contributed by atoms with Crippen molar-refractivity contribution in [3.63, 3.8) is 0 Å². The molecule has 2 aromatic carbocycles. The maximum Gasteiger partial charge on any atom is 0.241 e. The van der Waals surface area contributed by atoms with Crippen LogP contribution >= 0.6 is 22.9 Å². The molecule has 0 bridgehead atoms. The maximum absolute atomic E-state index is 14.4. The summed E-state index contributed by atoms with van der Waals surface area (Å²) in [6, 6.07) is 12.4. The zero-order valence-corrected chi connectivity index (χ0v) is 26.6. The quantitative estimate of drug-likeness (QED) is 0.248. The molecular weight excluding hydrogens is 631 g/mol. The number of imide groups is 2. The number of anilines is 1. The van der Waals surface area contributed by atoms with Gasteiger partial charge in [0, 0.05) is 10.8 Å². The maximum atomic E-state index is 14.4. The average molecular weight is 661 g/mol. The van der Waals surface area contributed by atoms with Gasteiger partial charge in [0.05, 0.1) is 47.5 Å². The number of rotatable bonds is 6. The molecule has 1 N–H and O–H groups in total. The Balaban J connectivity index is 1.32. The molecule has 3 aromatic rings. The fraction of sp³-hybridized carbons (Fsp3) is 0.314. The lowest BCUT2D eigenvalue weighted by Gasteiger charge is -2.47. The van der Waals surface area contributed by atoms with E-state index in [1.165, 1.54) is 41.5 Å². The number of benzene rings is 2. The molecular formula is C35H30ClFN2O6S. The van der Waals surface area contributed by atoms with Gasteiger partial charge < -0.3 is 9.84 Å². The molecule has 11 heteroatoms. The van der Waals surface area contributed by atoms with Crippen LogP contribution in [0, 0.1) is 40.8 Å². The molecule has 4 aliphatic rings. The fourth-order valence-electron chi connectivity index (χ4n) is 7.87. The van der Waals surface area contributed by atoms with Crippen molar-refractivity contribution in [1.82, 2.24) is 4.90 Å². The number of nitrogens with zero attached hydrogens (tertiary/aromatic N) is 2. The Kier molecular flexibility index (Phi) is 7.40. The van der Waals surface area contributed by atoms with Gasteiger partial charge in [-0.3, -0.25) is 24.1 Å². The number of halogens is 2. The summed E-state index contributed by atoms with van der Waals surface area (Å²) in [5.74, 6) is -4.85. The first kappa shape index (κ1) is 30.4. The zero-order valence-electron chi connectivity index (χ0n) is 25.0. The third-order valence-electron chi connectivity index (χ3n) is 10.2. The van der Waals surface area contributed by atoms with E-state index in [1.807, 2.05) is 35.7 Å². The number of phenols is 1. The van der Waals surface area contributed by atoms with Crippen molar-refractivity contribution in [2.24, 2.45) is 35.0 Å². The molecule has 8 nitrogen and oxygen atoms in total. The molecule has 2 saturated heterocycles. The van der Waals surface area contributed by atoms with Crippen LogP contribution in [0.15, 0.2) is 71.6 Å². The molecule has 1 saturated carbocycles. The molecule has 0 radical (unpaired) electrons. The first-order chi connectivity index (χ1) is 22.0. The van der Waals surface area contributed by atoms with Crippen LogP contribution < -0.4 is 9.64 Å². The van der Waals surface area contributed by atoms with Crippen molar-refractivity contribution >= 4 is 58.3 Å². The third kappa shape index (κ3) is 4.52. The van der Waals surface area contributed by atoms with Crippen molar-refractivity contribution in [2.45, 2.75) is 26.3 Å². The number of carbonyl (C=O) groups is 4. The van der Waals surface area contributed by atoms with E-state index >= 15 is 0 Å². The van der Waals surface area contributed by atoms with Crippen molar-refractivity contribution < 1.29 is 33.4 Å². The molecule has 2 aliphatic carbocycles. The van der Waals surface area contributed by atoms with Gasteiger partial charge in [0.15, 0.2) is 11.5 Å². The van der Waals surface area contributed by atoms with E-state index in [4.69, 9.17) is 16.3 Å². The second kappa shape index (κ2) is 11.2. The molecule has 6 unspecified atom stereocenters. The van der Waals surface area contributed by atoms with Gasteiger partial charge in [0.1, 0.15) is 5.82 Å². The molecule has 2 aliphatic heterocycles. The van der Waals surface area contributed by atoms with E-state index in [0.29, 0.717) is 12.0 Å². The number of amides is 4. The highest BCUT2D eigenvalue weighted by molar-refractivity contribution is 7.09. The van der Waals surface area contributed by atoms with Crippen molar-refractivity contribution in [2.75, 3.05) is 12.0 Å². The smallest absolute Gasteiger partial charge is 0.241 e. The van der Waals surface area contributed by atoms with Crippen molar-refractivity contribution in [3.05, 3.63) is 92.9 Å². The summed E-state index contributed by atoms with van der Waals surface area (Å²) in [6.45, 7) is 1.97. The molecule has 7 rings (SSSR count). The van der Waals surface area contributed by atoms with E-state index in [0.717, 1.165) is 21.4 Å². The molecule has 4 amide bonds. The van der Waals surface area contributed by atoms with Gasteiger partial charge in [0.2, 0.25) is 23.6 Å². The minimum Gasteiger partial charge on any atom is -0.504 e. The van der Waals surface area contributed by atoms with Gasteiger partial charge in [-0.15, -0.1) is 11.3 Å². The van der Waals surface area contributed by atoms with Crippen LogP contribution in [0.2, 0.25) is 5.02 Å². The molecule has 3 fully saturated rings. The lowest BCUT2D eigenvalue weighted by molar-refractivity contribution is -0.141. The van der Waals surface area contributed by atoms with Gasteiger partial charge >= 0.3 is 0 Å². The summed E-state index contributed by atoms with van der Waals surface area (Å²) in [7, 11) is 1.45. The van der Waals surface area contributed by atoms with Crippen LogP contribution in [0.1, 0.15) is 30.2 Å². The number of methoxy groups -OCH3 is 1. The van der Waals surface area contributed by atoms with Crippen LogP contribution in [-0.2, 0) is 25.7 Å². The Bertz CT molecular complexity index is 1860. The third-order valence-corrected chi connectivity index (χ3v) is 11.3. The number of ether oxygens (including phenoxy) is 1. The number of hydrogen-bond acceptors (Lipinski definition) is 7. The molecule has 236 valence electrons. The van der Waals surface area contributed by atoms with Gasteiger partial charge in [-0.25, -0.2) is 9.29 Å². The SMILES string of the molecule is COc1cc(C=CC2C3=CCC4C(=O)N(Cc5cccs5)C(=O)C4C3CC3C(=O)N(c4ccc(F)c(Cl)c4)C(=O)C23C)ccc1O. The topological polar surface area (TPSA) is 104 Å². The Labute approximate surface area is 273 Å². The van der Waals surface area contributed by atoms with E-state index in [1.54, 1.807) is 19.1 Å². The normalized spacial score (nSPS) is 28.9. The molecule has 1 aromatic heterocycles. The van der Waals surface area contributed by atoms with Crippen LogP contribution in [0.5, 0.6) is 11.5 Å². The number of likely N-dealkylation sites (tertiary alicyclic amines) is 1. The Morgan fingerprint density at radius 1 is 1.09 bits per heavy atom. The Morgan fingerprint density at radius 2 is 1.89 bits per heavy atom. The van der Waals surface area contributed by atoms with E-state index in [9.17, 15) is 28.7 Å². The monoisotopic (exact) mass is 660 g/mol. The average Bonchev–Trinajstić information content (AvgIpc) is 3.70. The number of carbonyl (C=O) groups excluding carboxylic acids is 4. The van der Waals surface area contributed by atoms with Gasteiger partial charge in [-0.1, -0.05) is 47.5 Å². The minimum atomic E-state index is -1.24. The number of hydrogen-bond donors (Lipinski definition) is 1. The summed E-state index contributed by atoms with van der Waals surface area (Å²) in [5, 5.41) is 11.8. The number of phenolic OH excluding ortho intramolecular Hbond substituents is 1. The number of thiophene rings is 1. The number of fused-ring (bicyclic) bond motifs is 4. The zero-order chi connectivity index (χ0) is 32.5. The summed E-state index contributed by atoms with van der Waals surface area (Å²) < 4.78 is 19.3. The van der Waals surface area contributed by atoms with Crippen molar-refractivity contribution in [1.29, 1.82) is 0 Å². The summed E-state index contributed by atoms with van der Waals surface area (Å²) in [4.78, 5) is 59.5. The summed E-state index contributed by atoms with van der Waals surface area (Å²) in [5.41, 5.74) is 0.472. The van der Waals surface area contributed by atoms with Gasteiger partial charge in [-0.05, 0) is 73.0 Å². The highest BCUT2D eigenvalue weighted by atomic mass is 35.5. The number of aromatic hydroxyl groups is 1. The highest BCUT2D eigenvalue weighted by Crippen LogP contribution is 2.61. The second-order valence-electron chi connectivity index (χ2n) is 12.4. The van der Waals surface area contributed by atoms with Gasteiger partial charge in [-0.2, -0.15) is 0 Å². The Morgan fingerprint density at radius 3 is 2.61 bits per heavy atom. The highest BCUT2D eigenvalue weighted by Gasteiger charge is 2.66. The predicted octanol–water partition coefficient (Wildman–Crippen LogP) is 6.23. The summed E-state index contributed by atoms with van der Waals surface area (Å²) in [6.07, 6.45) is 6.22. The lowest BCUT2D eigenvalue weighted by Crippen LogP contribution is -2.49.